The monoisotopic (exact) mass is 1260 g/mol. The molecule has 514 valence electrons. The predicted molar refractivity (Wildman–Crippen MR) is 416 cm³/mol. The summed E-state index contributed by atoms with van der Waals surface area (Å²) < 4.78 is 9.88. The molecule has 0 saturated heterocycles. The molecule has 84 heavy (non-hydrogen) atoms. The number of allylic oxidation sites excluding steroid dienone is 8. The van der Waals surface area contributed by atoms with Gasteiger partial charge in [0.25, 0.3) is 0 Å². The third-order valence-corrected chi connectivity index (χ3v) is 46.0. The van der Waals surface area contributed by atoms with Crippen LogP contribution in [0.2, 0.25) is 94.7 Å². The number of hydrogen-bond donors (Lipinski definition) is 0. The van der Waals surface area contributed by atoms with Gasteiger partial charge in [-0.1, -0.05) is 314 Å². The minimum atomic E-state index is -1.11. The average Bonchev–Trinajstić information content (AvgIpc) is 3.29. The first kappa shape index (κ1) is 103. The van der Waals surface area contributed by atoms with Crippen molar-refractivity contribution in [3.63, 3.8) is 0 Å². The third kappa shape index (κ3) is 52.5. The summed E-state index contributed by atoms with van der Waals surface area (Å²) in [5, 5.41) is 2.23. The summed E-state index contributed by atoms with van der Waals surface area (Å²) in [7, 11) is -0.512. The van der Waals surface area contributed by atoms with E-state index in [9.17, 15) is 0 Å². The maximum absolute atomic E-state index is 4.94. The standard InChI is InChI=1S/2C11H26Si.C10H20.C8H14.2C7H18Si.2C7H14.2C5H12O/c2*1-9(2)12(8,10(3)4)11(5,6)7;1-7(2)9(5)10(6)8(3)4;1-7-5-3-4-6-8(7)2;2*1-7(2,3)8(4,5)6;2*1-5-7(4)6(2)3;2*1-5(2,3)6-4/h2*9-10H,1-8H3;7-8H,1-6H3;3-6H2,1-2H3;2*1-6H3;2*5-6H,1-4H3;2*1-4H3/b;;10-9-;;;;2*7-5+;;. The number of rotatable bonds is 8. The van der Waals surface area contributed by atoms with Crippen molar-refractivity contribution in [3.8, 4) is 0 Å². The quantitative estimate of drug-likeness (QED) is 0.178. The van der Waals surface area contributed by atoms with Crippen molar-refractivity contribution in [1.29, 1.82) is 0 Å². The van der Waals surface area contributed by atoms with Crippen molar-refractivity contribution in [2.24, 2.45) is 23.7 Å². The molecule has 1 rings (SSSR count). The second-order valence-electron chi connectivity index (χ2n) is 36.1. The highest BCUT2D eigenvalue weighted by Crippen LogP contribution is 2.51. The highest BCUT2D eigenvalue weighted by molar-refractivity contribution is 6.84. The lowest BCUT2D eigenvalue weighted by Crippen LogP contribution is -2.46. The lowest BCUT2D eigenvalue weighted by Gasteiger charge is -2.47. The van der Waals surface area contributed by atoms with Crippen molar-refractivity contribution in [2.75, 3.05) is 14.2 Å². The van der Waals surface area contributed by atoms with Gasteiger partial charge in [0, 0.05) is 30.4 Å². The molecule has 0 spiro atoms. The van der Waals surface area contributed by atoms with Gasteiger partial charge in [-0.25, -0.2) is 0 Å². The summed E-state index contributed by atoms with van der Waals surface area (Å²) in [5.74, 6) is 2.87. The first-order valence-electron chi connectivity index (χ1n) is 34.2. The van der Waals surface area contributed by atoms with Gasteiger partial charge in [0.1, 0.15) is 0 Å². The topological polar surface area (TPSA) is 18.5 Å². The Morgan fingerprint density at radius 2 is 0.500 bits per heavy atom. The number of hydrogen-bond acceptors (Lipinski definition) is 2. The minimum Gasteiger partial charge on any atom is -0.379 e. The molecule has 1 aliphatic carbocycles. The zero-order chi connectivity index (χ0) is 70.7. The lowest BCUT2D eigenvalue weighted by molar-refractivity contribution is 0.0394. The zero-order valence-electron chi connectivity index (χ0n) is 69.4. The van der Waals surface area contributed by atoms with Gasteiger partial charge in [-0.3, -0.25) is 0 Å². The molecule has 2 nitrogen and oxygen atoms in total. The minimum absolute atomic E-state index is 0.0417. The molecule has 0 saturated carbocycles. The van der Waals surface area contributed by atoms with E-state index < -0.39 is 32.3 Å². The molecule has 0 amide bonds. The van der Waals surface area contributed by atoms with Crippen molar-refractivity contribution in [3.05, 3.63) is 45.6 Å². The summed E-state index contributed by atoms with van der Waals surface area (Å²) in [6, 6.07) is 0. The van der Waals surface area contributed by atoms with Crippen molar-refractivity contribution in [2.45, 2.75) is 422 Å². The van der Waals surface area contributed by atoms with Gasteiger partial charge in [0.15, 0.2) is 0 Å². The van der Waals surface area contributed by atoms with E-state index in [1.54, 1.807) is 36.5 Å². The van der Waals surface area contributed by atoms with E-state index in [0.717, 1.165) is 34.0 Å². The van der Waals surface area contributed by atoms with Crippen LogP contribution in [0.1, 0.15) is 316 Å². The molecule has 0 heterocycles. The van der Waals surface area contributed by atoms with Crippen LogP contribution in [0.25, 0.3) is 0 Å². The van der Waals surface area contributed by atoms with E-state index in [1.807, 2.05) is 41.5 Å². The van der Waals surface area contributed by atoms with Crippen LogP contribution in [-0.4, -0.2) is 57.7 Å². The van der Waals surface area contributed by atoms with E-state index in [2.05, 4.69) is 314 Å². The van der Waals surface area contributed by atoms with E-state index in [4.69, 9.17) is 9.47 Å². The molecule has 0 radical (unpaired) electrons. The molecule has 0 fully saturated rings. The number of ether oxygens (including phenoxy) is 2. The normalized spacial score (nSPS) is 14.5. The van der Waals surface area contributed by atoms with E-state index in [-0.39, 0.29) is 11.2 Å². The molecule has 0 aromatic carbocycles. The van der Waals surface area contributed by atoms with Crippen LogP contribution in [0, 0.1) is 23.7 Å². The van der Waals surface area contributed by atoms with Crippen LogP contribution in [0.3, 0.4) is 0 Å². The molecule has 0 unspecified atom stereocenters. The summed E-state index contributed by atoms with van der Waals surface area (Å²) >= 11 is 0. The highest BCUT2D eigenvalue weighted by atomic mass is 28.3. The molecular formula is C78H174O2Si4. The molecule has 0 bridgehead atoms. The second kappa shape index (κ2) is 45.9. The van der Waals surface area contributed by atoms with Gasteiger partial charge in [0.2, 0.25) is 0 Å². The summed E-state index contributed by atoms with van der Waals surface area (Å²) in [6.45, 7) is 115. The average molecular weight is 1260 g/mol. The molecule has 0 aromatic heterocycles. The van der Waals surface area contributed by atoms with Crippen LogP contribution in [0.15, 0.2) is 45.6 Å². The first-order valence-corrected chi connectivity index (χ1v) is 46.5. The highest BCUT2D eigenvalue weighted by Gasteiger charge is 2.45. The van der Waals surface area contributed by atoms with Crippen LogP contribution in [0.5, 0.6) is 0 Å². The van der Waals surface area contributed by atoms with Crippen molar-refractivity contribution >= 4 is 32.3 Å². The van der Waals surface area contributed by atoms with Crippen LogP contribution in [0.4, 0.5) is 0 Å². The molecule has 0 atom stereocenters. The van der Waals surface area contributed by atoms with Crippen molar-refractivity contribution < 1.29 is 9.47 Å². The SMILES string of the molecule is C/C(=C(\C)C(C)C)C(C)C.C/C=C(\C)C(C)C.C/C=C(\C)C(C)C.CC(C)(C)[Si](C)(C)C.CC(C)(C)[Si](C)(C)C.CC(C)[Si](C)(C(C)C)C(C)(C)C.CC(C)[Si](C)(C(C)C)C(C)(C)C.CC1=C(C)CCCC1.COC(C)(C)C.COC(C)(C)C. The maximum Gasteiger partial charge on any atom is 0.0610 e. The van der Waals surface area contributed by atoms with E-state index in [1.165, 1.54) is 36.8 Å². The number of methoxy groups -OCH3 is 2. The van der Waals surface area contributed by atoms with Crippen LogP contribution < -0.4 is 0 Å². The Bertz CT molecular complexity index is 1540. The fraction of sp³-hybridized carbons (Fsp3) is 0.897. The fourth-order valence-electron chi connectivity index (χ4n) is 7.58. The Hall–Kier alpha value is -0.252. The second-order valence-corrected chi connectivity index (χ2v) is 60.9. The Labute approximate surface area is 544 Å². The van der Waals surface area contributed by atoms with Gasteiger partial charge in [0.05, 0.1) is 27.3 Å². The van der Waals surface area contributed by atoms with Gasteiger partial charge in [-0.05, 0) is 166 Å². The van der Waals surface area contributed by atoms with E-state index >= 15 is 0 Å². The molecule has 6 heteroatoms. The van der Waals surface area contributed by atoms with Gasteiger partial charge < -0.3 is 9.47 Å². The summed E-state index contributed by atoms with van der Waals surface area (Å²) in [5.41, 5.74) is 12.9. The molecule has 0 aliphatic heterocycles. The summed E-state index contributed by atoms with van der Waals surface area (Å²) in [6.07, 6.45) is 9.86. The van der Waals surface area contributed by atoms with Gasteiger partial charge in [-0.2, -0.15) is 0 Å². The largest absolute Gasteiger partial charge is 0.379 e. The lowest BCUT2D eigenvalue weighted by atomic mass is 9.93. The Morgan fingerprint density at radius 3 is 0.536 bits per heavy atom. The predicted octanol–water partition coefficient (Wildman–Crippen LogP) is 30.2. The van der Waals surface area contributed by atoms with Crippen LogP contribution >= 0.6 is 0 Å². The van der Waals surface area contributed by atoms with E-state index in [0.29, 0.717) is 32.0 Å². The van der Waals surface area contributed by atoms with Crippen LogP contribution in [-0.2, 0) is 9.47 Å². The zero-order valence-corrected chi connectivity index (χ0v) is 73.4. The molecule has 1 aliphatic rings. The summed E-state index contributed by atoms with van der Waals surface area (Å²) in [4.78, 5) is 0. The first-order chi connectivity index (χ1) is 36.5. The Balaban J connectivity index is -0.000000107. The Kier molecular flexibility index (Phi) is 56.1. The van der Waals surface area contributed by atoms with Gasteiger partial charge in [-0.15, -0.1) is 0 Å². The van der Waals surface area contributed by atoms with Crippen molar-refractivity contribution in [1.82, 2.24) is 0 Å². The third-order valence-electron chi connectivity index (χ3n) is 20.9. The molecular weight excluding hydrogens is 1080 g/mol. The molecule has 0 aromatic rings. The fourth-order valence-corrected chi connectivity index (χ4v) is 17.2. The van der Waals surface area contributed by atoms with Gasteiger partial charge >= 0.3 is 0 Å². The maximum atomic E-state index is 4.94. The molecule has 0 N–H and O–H groups in total. The Morgan fingerprint density at radius 1 is 0.345 bits per heavy atom. The smallest absolute Gasteiger partial charge is 0.0610 e.